The van der Waals surface area contributed by atoms with E-state index in [0.29, 0.717) is 17.2 Å². The van der Waals surface area contributed by atoms with Crippen LogP contribution in [0.3, 0.4) is 0 Å². The van der Waals surface area contributed by atoms with Crippen LogP contribution in [-0.2, 0) is 0 Å². The normalized spacial score (nSPS) is 18.1. The molecule has 1 aliphatic carbocycles. The van der Waals surface area contributed by atoms with E-state index in [1.807, 2.05) is 0 Å². The van der Waals surface area contributed by atoms with Gasteiger partial charge in [-0.2, -0.15) is 5.26 Å². The second kappa shape index (κ2) is 5.86. The molecule has 1 fully saturated rings. The molecule has 18 heavy (non-hydrogen) atoms. The molecule has 0 spiro atoms. The summed E-state index contributed by atoms with van der Waals surface area (Å²) < 4.78 is 18.6. The highest BCUT2D eigenvalue weighted by Gasteiger charge is 2.27. The van der Waals surface area contributed by atoms with Gasteiger partial charge in [0.25, 0.3) is 0 Å². The number of rotatable bonds is 3. The largest absolute Gasteiger partial charge is 0.496 e. The van der Waals surface area contributed by atoms with Crippen LogP contribution in [0.1, 0.15) is 43.6 Å². The number of ether oxygens (including phenoxy) is 1. The van der Waals surface area contributed by atoms with Gasteiger partial charge in [-0.05, 0) is 37.0 Å². The monoisotopic (exact) mass is 247 g/mol. The molecular formula is C15H18FNO. The van der Waals surface area contributed by atoms with Crippen molar-refractivity contribution in [1.29, 1.82) is 5.26 Å². The van der Waals surface area contributed by atoms with Gasteiger partial charge in [0.1, 0.15) is 11.6 Å². The van der Waals surface area contributed by atoms with Crippen molar-refractivity contribution in [3.05, 3.63) is 29.6 Å². The molecular weight excluding hydrogens is 229 g/mol. The van der Waals surface area contributed by atoms with Crippen molar-refractivity contribution in [3.8, 4) is 11.8 Å². The van der Waals surface area contributed by atoms with E-state index >= 15 is 0 Å². The van der Waals surface area contributed by atoms with E-state index in [1.54, 1.807) is 13.2 Å². The van der Waals surface area contributed by atoms with Crippen LogP contribution >= 0.6 is 0 Å². The van der Waals surface area contributed by atoms with Crippen LogP contribution in [0.25, 0.3) is 0 Å². The Morgan fingerprint density at radius 2 is 2.06 bits per heavy atom. The molecule has 1 aromatic carbocycles. The lowest BCUT2D eigenvalue weighted by Crippen LogP contribution is -2.16. The van der Waals surface area contributed by atoms with Crippen molar-refractivity contribution in [2.24, 2.45) is 5.92 Å². The molecule has 96 valence electrons. The van der Waals surface area contributed by atoms with Crippen molar-refractivity contribution in [2.75, 3.05) is 7.11 Å². The third-order valence-electron chi connectivity index (χ3n) is 3.79. The average Bonchev–Trinajstić information content (AvgIpc) is 2.41. The van der Waals surface area contributed by atoms with E-state index in [4.69, 9.17) is 4.74 Å². The summed E-state index contributed by atoms with van der Waals surface area (Å²) in [6.45, 7) is 0. The Hall–Kier alpha value is -1.56. The number of hydrogen-bond acceptors (Lipinski definition) is 2. The highest BCUT2D eigenvalue weighted by Crippen LogP contribution is 2.39. The molecule has 1 aliphatic rings. The quantitative estimate of drug-likeness (QED) is 0.808. The molecule has 1 atom stereocenters. The zero-order chi connectivity index (χ0) is 13.0. The highest BCUT2D eigenvalue weighted by atomic mass is 19.1. The molecule has 3 heteroatoms. The molecule has 1 unspecified atom stereocenters. The number of halogens is 1. The van der Waals surface area contributed by atoms with Gasteiger partial charge < -0.3 is 4.74 Å². The molecule has 0 bridgehead atoms. The third kappa shape index (κ3) is 2.64. The summed E-state index contributed by atoms with van der Waals surface area (Å²) in [6.07, 6.45) is 5.69. The number of nitrogens with zero attached hydrogens (tertiary/aromatic N) is 1. The number of benzene rings is 1. The first-order valence-corrected chi connectivity index (χ1v) is 6.49. The minimum absolute atomic E-state index is 0.254. The molecule has 0 aliphatic heterocycles. The maximum Gasteiger partial charge on any atom is 0.123 e. The van der Waals surface area contributed by atoms with Crippen LogP contribution in [0.4, 0.5) is 4.39 Å². The van der Waals surface area contributed by atoms with Gasteiger partial charge in [0.05, 0.1) is 19.1 Å². The first-order chi connectivity index (χ1) is 8.76. The summed E-state index contributed by atoms with van der Waals surface area (Å²) in [5.74, 6) is 0.394. The topological polar surface area (TPSA) is 33.0 Å². The predicted octanol–water partition coefficient (Wildman–Crippen LogP) is 4.02. The van der Waals surface area contributed by atoms with E-state index in [0.717, 1.165) is 12.8 Å². The summed E-state index contributed by atoms with van der Waals surface area (Å²) in [6, 6.07) is 6.77. The summed E-state index contributed by atoms with van der Waals surface area (Å²) in [5, 5.41) is 9.41. The molecule has 1 saturated carbocycles. The van der Waals surface area contributed by atoms with Crippen molar-refractivity contribution in [3.63, 3.8) is 0 Å². The lowest BCUT2D eigenvalue weighted by molar-refractivity contribution is 0.327. The first kappa shape index (κ1) is 12.9. The van der Waals surface area contributed by atoms with Gasteiger partial charge in [-0.15, -0.1) is 0 Å². The Balaban J connectivity index is 2.31. The average molecular weight is 247 g/mol. The van der Waals surface area contributed by atoms with Gasteiger partial charge >= 0.3 is 0 Å². The van der Waals surface area contributed by atoms with Crippen molar-refractivity contribution < 1.29 is 9.13 Å². The fourth-order valence-electron chi connectivity index (χ4n) is 2.84. The Bertz CT molecular complexity index is 446. The van der Waals surface area contributed by atoms with Crippen LogP contribution in [0.5, 0.6) is 5.75 Å². The summed E-state index contributed by atoms with van der Waals surface area (Å²) in [4.78, 5) is 0. The van der Waals surface area contributed by atoms with Crippen molar-refractivity contribution in [1.82, 2.24) is 0 Å². The predicted molar refractivity (Wildman–Crippen MR) is 67.9 cm³/mol. The van der Waals surface area contributed by atoms with E-state index in [9.17, 15) is 9.65 Å². The molecule has 0 saturated heterocycles. The third-order valence-corrected chi connectivity index (χ3v) is 3.79. The summed E-state index contributed by atoms with van der Waals surface area (Å²) in [7, 11) is 1.56. The Kier molecular flexibility index (Phi) is 4.19. The first-order valence-electron chi connectivity index (χ1n) is 6.49. The lowest BCUT2D eigenvalue weighted by atomic mass is 9.77. The van der Waals surface area contributed by atoms with Crippen LogP contribution in [0.2, 0.25) is 0 Å². The molecule has 2 rings (SSSR count). The number of nitriles is 1. The van der Waals surface area contributed by atoms with Crippen LogP contribution < -0.4 is 4.74 Å². The molecule has 0 heterocycles. The zero-order valence-electron chi connectivity index (χ0n) is 10.7. The molecule has 0 N–H and O–H groups in total. The van der Waals surface area contributed by atoms with Gasteiger partial charge in [-0.3, -0.25) is 0 Å². The molecule has 1 aromatic rings. The van der Waals surface area contributed by atoms with Gasteiger partial charge in [0.2, 0.25) is 0 Å². The summed E-state index contributed by atoms with van der Waals surface area (Å²) in [5.41, 5.74) is 0.701. The van der Waals surface area contributed by atoms with Gasteiger partial charge in [-0.1, -0.05) is 19.3 Å². The number of hydrogen-bond donors (Lipinski definition) is 0. The second-order valence-corrected chi connectivity index (χ2v) is 4.89. The minimum atomic E-state index is -0.304. The highest BCUT2D eigenvalue weighted by molar-refractivity contribution is 5.40. The van der Waals surface area contributed by atoms with Crippen LogP contribution in [0.15, 0.2) is 18.2 Å². The lowest BCUT2D eigenvalue weighted by Gasteiger charge is -2.27. The van der Waals surface area contributed by atoms with E-state index < -0.39 is 0 Å². The summed E-state index contributed by atoms with van der Waals surface area (Å²) >= 11 is 0. The van der Waals surface area contributed by atoms with Crippen molar-refractivity contribution in [2.45, 2.75) is 38.0 Å². The molecule has 2 nitrogen and oxygen atoms in total. The number of methoxy groups -OCH3 is 1. The second-order valence-electron chi connectivity index (χ2n) is 4.89. The molecule has 0 aromatic heterocycles. The molecule has 0 amide bonds. The molecule has 0 radical (unpaired) electrons. The van der Waals surface area contributed by atoms with Crippen LogP contribution in [0, 0.1) is 23.1 Å². The van der Waals surface area contributed by atoms with Gasteiger partial charge in [-0.25, -0.2) is 4.39 Å². The zero-order valence-corrected chi connectivity index (χ0v) is 10.7. The van der Waals surface area contributed by atoms with E-state index in [1.165, 1.54) is 31.4 Å². The van der Waals surface area contributed by atoms with Gasteiger partial charge in [0, 0.05) is 5.56 Å². The van der Waals surface area contributed by atoms with E-state index in [2.05, 4.69) is 6.07 Å². The Labute approximate surface area is 107 Å². The standard InChI is InChI=1S/C15H18FNO/c1-18-15-8-7-12(16)9-13(15)14(10-17)11-5-3-2-4-6-11/h7-9,11,14H,2-6H2,1H3. The smallest absolute Gasteiger partial charge is 0.123 e. The maximum atomic E-state index is 13.4. The maximum absolute atomic E-state index is 13.4. The van der Waals surface area contributed by atoms with E-state index in [-0.39, 0.29) is 11.7 Å². The van der Waals surface area contributed by atoms with Crippen molar-refractivity contribution >= 4 is 0 Å². The minimum Gasteiger partial charge on any atom is -0.496 e. The SMILES string of the molecule is COc1ccc(F)cc1C(C#N)C1CCCCC1. The Morgan fingerprint density at radius 3 is 2.67 bits per heavy atom. The Morgan fingerprint density at radius 1 is 1.33 bits per heavy atom. The van der Waals surface area contributed by atoms with Crippen LogP contribution in [-0.4, -0.2) is 7.11 Å². The fourth-order valence-corrected chi connectivity index (χ4v) is 2.84. The fraction of sp³-hybridized carbons (Fsp3) is 0.533. The van der Waals surface area contributed by atoms with Gasteiger partial charge in [0.15, 0.2) is 0 Å².